The van der Waals surface area contributed by atoms with Crippen LogP contribution in [0, 0.1) is 5.92 Å². The number of carbonyl (C=O) groups is 1. The fraction of sp³-hybridized carbons (Fsp3) is 0.278. The van der Waals surface area contributed by atoms with E-state index in [1.165, 1.54) is 0 Å². The van der Waals surface area contributed by atoms with Crippen molar-refractivity contribution in [3.05, 3.63) is 71.8 Å². The van der Waals surface area contributed by atoms with Crippen LogP contribution in [-0.2, 0) is 27.5 Å². The fourth-order valence-electron chi connectivity index (χ4n) is 1.87. The largest absolute Gasteiger partial charge is 0.461 e. The van der Waals surface area contributed by atoms with E-state index in [1.54, 1.807) is 0 Å². The summed E-state index contributed by atoms with van der Waals surface area (Å²) in [7, 11) is 0. The van der Waals surface area contributed by atoms with Crippen molar-refractivity contribution in [3.63, 3.8) is 0 Å². The first-order chi connectivity index (χ1) is 10.3. The molecule has 0 aliphatic heterocycles. The number of hydrogen-bond donors (Lipinski definition) is 0. The lowest BCUT2D eigenvalue weighted by atomic mass is 10.2. The van der Waals surface area contributed by atoms with Gasteiger partial charge in [0.2, 0.25) is 0 Å². The van der Waals surface area contributed by atoms with Crippen LogP contribution in [0.1, 0.15) is 18.1 Å². The van der Waals surface area contributed by atoms with Crippen LogP contribution in [0.25, 0.3) is 0 Å². The van der Waals surface area contributed by atoms with Crippen LogP contribution in [0.2, 0.25) is 0 Å². The van der Waals surface area contributed by atoms with E-state index in [2.05, 4.69) is 0 Å². The molecule has 0 aliphatic carbocycles. The molecule has 2 aromatic carbocycles. The third kappa shape index (κ3) is 5.40. The predicted molar refractivity (Wildman–Crippen MR) is 81.5 cm³/mol. The average molecular weight is 284 g/mol. The van der Waals surface area contributed by atoms with Gasteiger partial charge < -0.3 is 9.47 Å². The highest BCUT2D eigenvalue weighted by atomic mass is 16.5. The molecule has 0 saturated heterocycles. The molecule has 1 atom stereocenters. The van der Waals surface area contributed by atoms with Crippen LogP contribution >= 0.6 is 0 Å². The molecule has 0 unspecified atom stereocenters. The predicted octanol–water partition coefficient (Wildman–Crippen LogP) is 3.58. The molecule has 0 aromatic heterocycles. The Bertz CT molecular complexity index is 537. The van der Waals surface area contributed by atoms with Gasteiger partial charge in [-0.2, -0.15) is 0 Å². The maximum Gasteiger partial charge on any atom is 0.311 e. The smallest absolute Gasteiger partial charge is 0.311 e. The zero-order chi connectivity index (χ0) is 14.9. The summed E-state index contributed by atoms with van der Waals surface area (Å²) in [5, 5.41) is 0. The van der Waals surface area contributed by atoms with E-state index >= 15 is 0 Å². The standard InChI is InChI=1S/C18H20O3/c1-15(12-20-13-16-8-4-2-5-9-16)18(19)21-14-17-10-6-3-7-11-17/h2-11,15H,12-14H2,1H3/t15-/m0/s1. The van der Waals surface area contributed by atoms with Crippen molar-refractivity contribution in [2.24, 2.45) is 5.92 Å². The number of esters is 1. The molecule has 0 saturated carbocycles. The van der Waals surface area contributed by atoms with Crippen molar-refractivity contribution >= 4 is 5.97 Å². The Kier molecular flexibility index (Phi) is 5.98. The van der Waals surface area contributed by atoms with E-state index < -0.39 is 0 Å². The summed E-state index contributed by atoms with van der Waals surface area (Å²) in [5.41, 5.74) is 2.09. The summed E-state index contributed by atoms with van der Waals surface area (Å²) in [4.78, 5) is 11.9. The summed E-state index contributed by atoms with van der Waals surface area (Å²) < 4.78 is 10.8. The van der Waals surface area contributed by atoms with Gasteiger partial charge in [0.25, 0.3) is 0 Å². The summed E-state index contributed by atoms with van der Waals surface area (Å²) >= 11 is 0. The molecular weight excluding hydrogens is 264 g/mol. The first kappa shape index (κ1) is 15.3. The maximum absolute atomic E-state index is 11.9. The van der Waals surface area contributed by atoms with Crippen molar-refractivity contribution in [1.29, 1.82) is 0 Å². The second-order valence-electron chi connectivity index (χ2n) is 5.00. The highest BCUT2D eigenvalue weighted by Gasteiger charge is 2.14. The van der Waals surface area contributed by atoms with Gasteiger partial charge in [-0.1, -0.05) is 60.7 Å². The first-order valence-corrected chi connectivity index (χ1v) is 7.08. The maximum atomic E-state index is 11.9. The Morgan fingerprint density at radius 2 is 1.43 bits per heavy atom. The molecule has 3 heteroatoms. The number of hydrogen-bond acceptors (Lipinski definition) is 3. The lowest BCUT2D eigenvalue weighted by Gasteiger charge is -2.12. The Labute approximate surface area is 125 Å². The van der Waals surface area contributed by atoms with Gasteiger partial charge in [0.1, 0.15) is 6.61 Å². The Balaban J connectivity index is 1.68. The fourth-order valence-corrected chi connectivity index (χ4v) is 1.87. The molecule has 0 spiro atoms. The summed E-state index contributed by atoms with van der Waals surface area (Å²) in [6, 6.07) is 19.6. The highest BCUT2D eigenvalue weighted by molar-refractivity contribution is 5.72. The van der Waals surface area contributed by atoms with Gasteiger partial charge >= 0.3 is 5.97 Å². The number of rotatable bonds is 7. The van der Waals surface area contributed by atoms with Crippen molar-refractivity contribution in [3.8, 4) is 0 Å². The Morgan fingerprint density at radius 1 is 0.905 bits per heavy atom. The molecule has 0 bridgehead atoms. The van der Waals surface area contributed by atoms with E-state index in [0.29, 0.717) is 19.8 Å². The van der Waals surface area contributed by atoms with E-state index in [1.807, 2.05) is 67.6 Å². The summed E-state index contributed by atoms with van der Waals surface area (Å²) in [6.07, 6.45) is 0. The minimum atomic E-state index is -0.266. The molecule has 2 rings (SSSR count). The molecule has 3 nitrogen and oxygen atoms in total. The molecule has 0 aliphatic rings. The van der Waals surface area contributed by atoms with Gasteiger partial charge in [-0.15, -0.1) is 0 Å². The second-order valence-corrected chi connectivity index (χ2v) is 5.00. The van der Waals surface area contributed by atoms with Crippen LogP contribution in [0.3, 0.4) is 0 Å². The quantitative estimate of drug-likeness (QED) is 0.729. The van der Waals surface area contributed by atoms with Crippen molar-refractivity contribution in [2.45, 2.75) is 20.1 Å². The van der Waals surface area contributed by atoms with Gasteiger partial charge in [-0.05, 0) is 18.1 Å². The van der Waals surface area contributed by atoms with E-state index in [-0.39, 0.29) is 11.9 Å². The van der Waals surface area contributed by atoms with Crippen LogP contribution in [0.15, 0.2) is 60.7 Å². The normalized spacial score (nSPS) is 11.9. The third-order valence-corrected chi connectivity index (χ3v) is 3.11. The highest BCUT2D eigenvalue weighted by Crippen LogP contribution is 2.07. The zero-order valence-electron chi connectivity index (χ0n) is 12.2. The van der Waals surface area contributed by atoms with Crippen LogP contribution in [0.4, 0.5) is 0 Å². The van der Waals surface area contributed by atoms with Gasteiger partial charge in [-0.25, -0.2) is 0 Å². The molecule has 0 radical (unpaired) electrons. The second kappa shape index (κ2) is 8.22. The van der Waals surface area contributed by atoms with Gasteiger partial charge in [-0.3, -0.25) is 4.79 Å². The number of carbonyl (C=O) groups excluding carboxylic acids is 1. The molecule has 0 amide bonds. The lowest BCUT2D eigenvalue weighted by Crippen LogP contribution is -2.19. The Hall–Kier alpha value is -2.13. The van der Waals surface area contributed by atoms with Gasteiger partial charge in [0.05, 0.1) is 19.1 Å². The minimum absolute atomic E-state index is 0.230. The van der Waals surface area contributed by atoms with E-state index in [0.717, 1.165) is 11.1 Å². The number of ether oxygens (including phenoxy) is 2. The minimum Gasteiger partial charge on any atom is -0.461 e. The van der Waals surface area contributed by atoms with Gasteiger partial charge in [0.15, 0.2) is 0 Å². The zero-order valence-corrected chi connectivity index (χ0v) is 12.2. The van der Waals surface area contributed by atoms with Crippen LogP contribution < -0.4 is 0 Å². The van der Waals surface area contributed by atoms with Crippen molar-refractivity contribution < 1.29 is 14.3 Å². The van der Waals surface area contributed by atoms with Crippen LogP contribution in [0.5, 0.6) is 0 Å². The SMILES string of the molecule is C[C@@H](COCc1ccccc1)C(=O)OCc1ccccc1. The lowest BCUT2D eigenvalue weighted by molar-refractivity contribution is -0.151. The van der Waals surface area contributed by atoms with Crippen LogP contribution in [-0.4, -0.2) is 12.6 Å². The van der Waals surface area contributed by atoms with Crippen molar-refractivity contribution in [1.82, 2.24) is 0 Å². The average Bonchev–Trinajstić information content (AvgIpc) is 2.54. The topological polar surface area (TPSA) is 35.5 Å². The molecule has 2 aromatic rings. The van der Waals surface area contributed by atoms with E-state index in [4.69, 9.17) is 9.47 Å². The van der Waals surface area contributed by atoms with Gasteiger partial charge in [0, 0.05) is 0 Å². The van der Waals surface area contributed by atoms with Crippen molar-refractivity contribution in [2.75, 3.05) is 6.61 Å². The third-order valence-electron chi connectivity index (χ3n) is 3.11. The van der Waals surface area contributed by atoms with E-state index in [9.17, 15) is 4.79 Å². The summed E-state index contributed by atoms with van der Waals surface area (Å²) in [5.74, 6) is -0.496. The molecule has 21 heavy (non-hydrogen) atoms. The summed E-state index contributed by atoms with van der Waals surface area (Å²) in [6.45, 7) is 3.00. The molecule has 0 N–H and O–H groups in total. The number of benzene rings is 2. The molecule has 110 valence electrons. The first-order valence-electron chi connectivity index (χ1n) is 7.08. The molecule has 0 fully saturated rings. The monoisotopic (exact) mass is 284 g/mol. The molecular formula is C18H20O3. The molecule has 0 heterocycles. The Morgan fingerprint density at radius 3 is 2.00 bits per heavy atom.